The van der Waals surface area contributed by atoms with Gasteiger partial charge in [0.05, 0.1) is 16.1 Å². The topological polar surface area (TPSA) is 95.1 Å². The highest BCUT2D eigenvalue weighted by Crippen LogP contribution is 2.29. The van der Waals surface area contributed by atoms with Crippen LogP contribution >= 0.6 is 23.2 Å². The highest BCUT2D eigenvalue weighted by atomic mass is 35.5. The van der Waals surface area contributed by atoms with Gasteiger partial charge in [0.2, 0.25) is 15.9 Å². The van der Waals surface area contributed by atoms with E-state index in [1.54, 1.807) is 24.3 Å². The van der Waals surface area contributed by atoms with Crippen LogP contribution in [0.3, 0.4) is 0 Å². The first kappa shape index (κ1) is 22.7. The van der Waals surface area contributed by atoms with Gasteiger partial charge in [0.1, 0.15) is 10.9 Å². The third-order valence-electron chi connectivity index (χ3n) is 5.63. The number of sulfonamides is 1. The summed E-state index contributed by atoms with van der Waals surface area (Å²) in [6.07, 6.45) is 0. The minimum Gasteiger partial charge on any atom is -0.338 e. The van der Waals surface area contributed by atoms with Crippen LogP contribution in [0.5, 0.6) is 0 Å². The molecule has 0 aromatic heterocycles. The maximum Gasteiger partial charge on any atom is 0.262 e. The van der Waals surface area contributed by atoms with Crippen molar-refractivity contribution in [3.63, 3.8) is 0 Å². The van der Waals surface area contributed by atoms with E-state index < -0.39 is 33.8 Å². The third kappa shape index (κ3) is 3.79. The normalized spacial score (nSPS) is 18.1. The number of piperazine rings is 1. The molecule has 2 aromatic carbocycles. The molecule has 0 bridgehead atoms. The number of carbonyl (C=O) groups excluding carboxylic acids is 3. The SMILES string of the molecule is CC(C(=O)N1CCN(S(=O)(=O)c2cc(Cl)ccc2Cl)CC1)N1C(=O)c2ccccc2C1=O. The van der Waals surface area contributed by atoms with Crippen molar-refractivity contribution in [3.05, 3.63) is 63.6 Å². The maximum absolute atomic E-state index is 13.0. The van der Waals surface area contributed by atoms with Gasteiger partial charge >= 0.3 is 0 Å². The molecular weight excluding hydrogens is 477 g/mol. The summed E-state index contributed by atoms with van der Waals surface area (Å²) in [5.41, 5.74) is 0.540. The molecule has 0 saturated carbocycles. The van der Waals surface area contributed by atoms with Gasteiger partial charge in [-0.25, -0.2) is 8.42 Å². The van der Waals surface area contributed by atoms with Gasteiger partial charge in [-0.2, -0.15) is 4.31 Å². The molecule has 0 spiro atoms. The molecule has 1 fully saturated rings. The van der Waals surface area contributed by atoms with Gasteiger partial charge in [0.25, 0.3) is 11.8 Å². The number of nitrogens with zero attached hydrogens (tertiary/aromatic N) is 3. The second-order valence-corrected chi connectivity index (χ2v) is 10.3. The Morgan fingerprint density at radius 2 is 1.50 bits per heavy atom. The van der Waals surface area contributed by atoms with Gasteiger partial charge in [0.15, 0.2) is 0 Å². The lowest BCUT2D eigenvalue weighted by atomic mass is 10.1. The van der Waals surface area contributed by atoms with Gasteiger partial charge in [-0.3, -0.25) is 19.3 Å². The van der Waals surface area contributed by atoms with Crippen molar-refractivity contribution in [2.45, 2.75) is 17.9 Å². The average Bonchev–Trinajstić information content (AvgIpc) is 3.04. The summed E-state index contributed by atoms with van der Waals surface area (Å²) in [6.45, 7) is 1.82. The molecule has 1 unspecified atom stereocenters. The van der Waals surface area contributed by atoms with Gasteiger partial charge in [-0.1, -0.05) is 35.3 Å². The van der Waals surface area contributed by atoms with Gasteiger partial charge in [0, 0.05) is 31.2 Å². The number of rotatable bonds is 4. The van der Waals surface area contributed by atoms with Crippen molar-refractivity contribution < 1.29 is 22.8 Å². The van der Waals surface area contributed by atoms with Gasteiger partial charge in [-0.15, -0.1) is 0 Å². The van der Waals surface area contributed by atoms with Crippen LogP contribution in [0.15, 0.2) is 47.4 Å². The molecule has 0 radical (unpaired) electrons. The van der Waals surface area contributed by atoms with Crippen LogP contribution in [-0.2, 0) is 14.8 Å². The number of hydrogen-bond acceptors (Lipinski definition) is 5. The van der Waals surface area contributed by atoms with Crippen molar-refractivity contribution in [1.82, 2.24) is 14.1 Å². The molecule has 2 aliphatic rings. The van der Waals surface area contributed by atoms with Crippen molar-refractivity contribution in [2.75, 3.05) is 26.2 Å². The van der Waals surface area contributed by atoms with Crippen LogP contribution in [0.1, 0.15) is 27.6 Å². The minimum atomic E-state index is -3.89. The molecule has 0 aliphatic carbocycles. The molecule has 8 nitrogen and oxygen atoms in total. The fourth-order valence-electron chi connectivity index (χ4n) is 3.90. The second-order valence-electron chi connectivity index (χ2n) is 7.51. The summed E-state index contributed by atoms with van der Waals surface area (Å²) < 4.78 is 27.2. The lowest BCUT2D eigenvalue weighted by Gasteiger charge is -2.36. The fraction of sp³-hybridized carbons (Fsp3) is 0.286. The summed E-state index contributed by atoms with van der Waals surface area (Å²) in [5, 5.41) is 0.309. The van der Waals surface area contributed by atoms with Crippen LogP contribution in [0.4, 0.5) is 0 Å². The Kier molecular flexibility index (Phi) is 6.02. The first-order valence-electron chi connectivity index (χ1n) is 9.84. The first-order chi connectivity index (χ1) is 15.1. The first-order valence-corrected chi connectivity index (χ1v) is 12.0. The average molecular weight is 496 g/mol. The largest absolute Gasteiger partial charge is 0.338 e. The van der Waals surface area contributed by atoms with E-state index in [2.05, 4.69) is 0 Å². The van der Waals surface area contributed by atoms with E-state index in [1.807, 2.05) is 0 Å². The molecule has 1 saturated heterocycles. The van der Waals surface area contributed by atoms with Crippen molar-refractivity contribution in [1.29, 1.82) is 0 Å². The van der Waals surface area contributed by atoms with E-state index in [9.17, 15) is 22.8 Å². The minimum absolute atomic E-state index is 0.0474. The molecule has 3 amide bonds. The van der Waals surface area contributed by atoms with Crippen LogP contribution in [-0.4, -0.2) is 72.5 Å². The third-order valence-corrected chi connectivity index (χ3v) is 8.25. The van der Waals surface area contributed by atoms with E-state index in [0.29, 0.717) is 0 Å². The predicted molar refractivity (Wildman–Crippen MR) is 118 cm³/mol. The van der Waals surface area contributed by atoms with Crippen molar-refractivity contribution >= 4 is 50.9 Å². The lowest BCUT2D eigenvalue weighted by Crippen LogP contribution is -2.55. The predicted octanol–water partition coefficient (Wildman–Crippen LogP) is 2.51. The molecule has 0 N–H and O–H groups in total. The number of carbonyl (C=O) groups is 3. The monoisotopic (exact) mass is 495 g/mol. The number of hydrogen-bond donors (Lipinski definition) is 0. The van der Waals surface area contributed by atoms with Crippen LogP contribution in [0.25, 0.3) is 0 Å². The molecule has 2 aliphatic heterocycles. The zero-order valence-electron chi connectivity index (χ0n) is 17.0. The Bertz CT molecular complexity index is 1190. The van der Waals surface area contributed by atoms with Gasteiger partial charge < -0.3 is 4.90 Å². The molecule has 168 valence electrons. The highest BCUT2D eigenvalue weighted by Gasteiger charge is 2.42. The van der Waals surface area contributed by atoms with Crippen molar-refractivity contribution in [2.24, 2.45) is 0 Å². The van der Waals surface area contributed by atoms with E-state index >= 15 is 0 Å². The summed E-state index contributed by atoms with van der Waals surface area (Å²) in [4.78, 5) is 40.7. The Morgan fingerprint density at radius 3 is 2.06 bits per heavy atom. The Balaban J connectivity index is 1.46. The van der Waals surface area contributed by atoms with Gasteiger partial charge in [-0.05, 0) is 37.3 Å². The summed E-state index contributed by atoms with van der Waals surface area (Å²) in [6, 6.07) is 9.63. The Labute approximate surface area is 195 Å². The highest BCUT2D eigenvalue weighted by molar-refractivity contribution is 7.89. The van der Waals surface area contributed by atoms with Crippen molar-refractivity contribution in [3.8, 4) is 0 Å². The summed E-state index contributed by atoms with van der Waals surface area (Å²) >= 11 is 12.0. The van der Waals surface area contributed by atoms with Crippen LogP contribution in [0, 0.1) is 0 Å². The standard InChI is InChI=1S/C21H19Cl2N3O5S/c1-13(26-20(28)15-4-2-3-5-16(15)21(26)29)19(27)24-8-10-25(11-9-24)32(30,31)18-12-14(22)6-7-17(18)23/h2-7,12-13H,8-11H2,1H3. The van der Waals surface area contributed by atoms with E-state index in [1.165, 1.54) is 34.3 Å². The molecule has 2 aromatic rings. The summed E-state index contributed by atoms with van der Waals surface area (Å²) in [5.74, 6) is -1.44. The lowest BCUT2D eigenvalue weighted by molar-refractivity contribution is -0.136. The Morgan fingerprint density at radius 1 is 0.938 bits per heavy atom. The molecular formula is C21H19Cl2N3O5S. The smallest absolute Gasteiger partial charge is 0.262 e. The molecule has 11 heteroatoms. The zero-order valence-corrected chi connectivity index (χ0v) is 19.3. The fourth-order valence-corrected chi connectivity index (χ4v) is 6.06. The second kappa shape index (κ2) is 8.47. The van der Waals surface area contributed by atoms with E-state index in [-0.39, 0.29) is 52.2 Å². The van der Waals surface area contributed by atoms with Crippen LogP contribution in [0.2, 0.25) is 10.0 Å². The van der Waals surface area contributed by atoms with Crippen LogP contribution < -0.4 is 0 Å². The summed E-state index contributed by atoms with van der Waals surface area (Å²) in [7, 11) is -3.89. The maximum atomic E-state index is 13.0. The Hall–Kier alpha value is -2.46. The molecule has 4 rings (SSSR count). The van der Waals surface area contributed by atoms with E-state index in [4.69, 9.17) is 23.2 Å². The molecule has 1 atom stereocenters. The number of imide groups is 1. The number of amides is 3. The zero-order chi connectivity index (χ0) is 23.2. The quantitative estimate of drug-likeness (QED) is 0.607. The number of halogens is 2. The number of benzene rings is 2. The number of fused-ring (bicyclic) bond motifs is 1. The molecule has 2 heterocycles. The molecule has 32 heavy (non-hydrogen) atoms. The van der Waals surface area contributed by atoms with E-state index in [0.717, 1.165) is 4.90 Å².